The maximum atomic E-state index is 12.8. The van der Waals surface area contributed by atoms with Crippen LogP contribution < -0.4 is 16.4 Å². The van der Waals surface area contributed by atoms with E-state index in [0.29, 0.717) is 25.1 Å². The fourth-order valence-electron chi connectivity index (χ4n) is 3.19. The third-order valence-corrected chi connectivity index (χ3v) is 4.71. The number of amides is 3. The number of nitrogens with two attached hydrogens (primary N) is 1. The number of aromatic amines is 1. The molecule has 0 bridgehead atoms. The van der Waals surface area contributed by atoms with Gasteiger partial charge in [-0.2, -0.15) is 0 Å². The van der Waals surface area contributed by atoms with Gasteiger partial charge in [-0.05, 0) is 19.8 Å². The zero-order valence-corrected chi connectivity index (χ0v) is 16.0. The number of hydrogen-bond acceptors (Lipinski definition) is 7. The van der Waals surface area contributed by atoms with E-state index >= 15 is 0 Å². The summed E-state index contributed by atoms with van der Waals surface area (Å²) in [6.45, 7) is 1.40. The van der Waals surface area contributed by atoms with Gasteiger partial charge in [0.05, 0.1) is 19.0 Å². The van der Waals surface area contributed by atoms with E-state index in [1.807, 2.05) is 0 Å². The van der Waals surface area contributed by atoms with Crippen LogP contribution in [0.15, 0.2) is 12.5 Å². The van der Waals surface area contributed by atoms with Gasteiger partial charge in [-0.25, -0.2) is 9.78 Å². The lowest BCUT2D eigenvalue weighted by molar-refractivity contribution is -0.145. The summed E-state index contributed by atoms with van der Waals surface area (Å²) in [6, 6.07) is -3.43. The van der Waals surface area contributed by atoms with E-state index in [-0.39, 0.29) is 18.9 Å². The second-order valence-electron chi connectivity index (χ2n) is 6.86. The Balaban J connectivity index is 2.15. The van der Waals surface area contributed by atoms with Crippen molar-refractivity contribution in [1.29, 1.82) is 0 Å². The molecule has 0 radical (unpaired) electrons. The Morgan fingerprint density at radius 2 is 2.10 bits per heavy atom. The number of carboxylic acid groups (broad SMARTS) is 1. The largest absolute Gasteiger partial charge is 0.480 e. The molecule has 12 heteroatoms. The zero-order valence-electron chi connectivity index (χ0n) is 16.0. The molecule has 3 amide bonds. The number of aliphatic hydroxyl groups excluding tert-OH is 1. The van der Waals surface area contributed by atoms with Gasteiger partial charge in [0.1, 0.15) is 12.1 Å². The highest BCUT2D eigenvalue weighted by Gasteiger charge is 2.36. The number of aliphatic carboxylic acids is 1. The average molecular weight is 410 g/mol. The van der Waals surface area contributed by atoms with Gasteiger partial charge in [-0.15, -0.1) is 0 Å². The summed E-state index contributed by atoms with van der Waals surface area (Å²) in [5.74, 6) is -3.09. The molecule has 12 nitrogen and oxygen atoms in total. The summed E-state index contributed by atoms with van der Waals surface area (Å²) in [4.78, 5) is 56.7. The Labute approximate surface area is 166 Å². The van der Waals surface area contributed by atoms with Crippen molar-refractivity contribution in [2.24, 2.45) is 5.73 Å². The van der Waals surface area contributed by atoms with Crippen molar-refractivity contribution in [2.75, 3.05) is 13.1 Å². The molecule has 4 atom stereocenters. The van der Waals surface area contributed by atoms with Crippen LogP contribution in [0.1, 0.15) is 25.5 Å². The van der Waals surface area contributed by atoms with Crippen LogP contribution in [0, 0.1) is 0 Å². The predicted octanol–water partition coefficient (Wildman–Crippen LogP) is -2.66. The summed E-state index contributed by atoms with van der Waals surface area (Å²) in [6.07, 6.45) is 2.61. The Kier molecular flexibility index (Phi) is 7.67. The molecule has 0 aliphatic carbocycles. The van der Waals surface area contributed by atoms with E-state index in [1.165, 1.54) is 24.3 Å². The van der Waals surface area contributed by atoms with Crippen LogP contribution in [0.5, 0.6) is 0 Å². The van der Waals surface area contributed by atoms with Crippen LogP contribution in [-0.2, 0) is 25.6 Å². The Morgan fingerprint density at radius 3 is 2.66 bits per heavy atom. The molecule has 0 saturated carbocycles. The second kappa shape index (κ2) is 9.98. The SMILES string of the molecule is C[C@@H](O)[C@H](NC(=O)[C@H](Cc1cnc[nH]1)NC(=O)[C@@H]1CCCN1C(=O)CN)C(=O)O. The van der Waals surface area contributed by atoms with Gasteiger partial charge in [-0.3, -0.25) is 14.4 Å². The lowest BCUT2D eigenvalue weighted by Gasteiger charge is -2.27. The van der Waals surface area contributed by atoms with Gasteiger partial charge in [0, 0.05) is 24.9 Å². The van der Waals surface area contributed by atoms with Gasteiger partial charge in [0.25, 0.3) is 0 Å². The number of carboxylic acids is 1. The molecule has 1 aliphatic heterocycles. The Hall–Kier alpha value is -2.99. The molecule has 2 heterocycles. The third kappa shape index (κ3) is 5.74. The molecule has 1 aromatic rings. The summed E-state index contributed by atoms with van der Waals surface area (Å²) >= 11 is 0. The summed E-state index contributed by atoms with van der Waals surface area (Å²) < 4.78 is 0. The molecule has 29 heavy (non-hydrogen) atoms. The topological polar surface area (TPSA) is 191 Å². The van der Waals surface area contributed by atoms with Crippen LogP contribution >= 0.6 is 0 Å². The number of H-pyrrole nitrogens is 1. The Bertz CT molecular complexity index is 737. The van der Waals surface area contributed by atoms with Crippen molar-refractivity contribution >= 4 is 23.7 Å². The van der Waals surface area contributed by atoms with Crippen molar-refractivity contribution in [1.82, 2.24) is 25.5 Å². The maximum Gasteiger partial charge on any atom is 0.328 e. The second-order valence-corrected chi connectivity index (χ2v) is 6.86. The molecule has 0 aromatic carbocycles. The molecule has 1 aliphatic rings. The summed E-state index contributed by atoms with van der Waals surface area (Å²) in [5.41, 5.74) is 5.93. The van der Waals surface area contributed by atoms with E-state index in [1.54, 1.807) is 0 Å². The van der Waals surface area contributed by atoms with Crippen LogP contribution in [-0.4, -0.2) is 86.1 Å². The lowest BCUT2D eigenvalue weighted by atomic mass is 10.1. The van der Waals surface area contributed by atoms with E-state index in [4.69, 9.17) is 5.73 Å². The summed E-state index contributed by atoms with van der Waals surface area (Å²) in [7, 11) is 0. The number of hydrogen-bond donors (Lipinski definition) is 6. The highest BCUT2D eigenvalue weighted by molar-refractivity contribution is 5.94. The molecular weight excluding hydrogens is 384 g/mol. The number of likely N-dealkylation sites (tertiary alicyclic amines) is 1. The lowest BCUT2D eigenvalue weighted by Crippen LogP contribution is -2.58. The van der Waals surface area contributed by atoms with Crippen molar-refractivity contribution < 1.29 is 29.4 Å². The smallest absolute Gasteiger partial charge is 0.328 e. The number of aromatic nitrogens is 2. The van der Waals surface area contributed by atoms with Crippen molar-refractivity contribution in [2.45, 2.75) is 50.4 Å². The van der Waals surface area contributed by atoms with Gasteiger partial charge >= 0.3 is 5.97 Å². The van der Waals surface area contributed by atoms with Crippen LogP contribution in [0.4, 0.5) is 0 Å². The molecule has 160 valence electrons. The minimum Gasteiger partial charge on any atom is -0.480 e. The number of nitrogens with one attached hydrogen (secondary N) is 3. The van der Waals surface area contributed by atoms with Crippen LogP contribution in [0.25, 0.3) is 0 Å². The van der Waals surface area contributed by atoms with E-state index in [2.05, 4.69) is 20.6 Å². The first kappa shape index (κ1) is 22.3. The minimum atomic E-state index is -1.54. The highest BCUT2D eigenvalue weighted by Crippen LogP contribution is 2.17. The van der Waals surface area contributed by atoms with Crippen LogP contribution in [0.3, 0.4) is 0 Å². The van der Waals surface area contributed by atoms with Gasteiger partial charge < -0.3 is 36.5 Å². The van der Waals surface area contributed by atoms with E-state index < -0.39 is 42.0 Å². The van der Waals surface area contributed by atoms with Crippen molar-refractivity contribution in [3.05, 3.63) is 18.2 Å². The fourth-order valence-corrected chi connectivity index (χ4v) is 3.19. The van der Waals surface area contributed by atoms with E-state index in [0.717, 1.165) is 0 Å². The molecule has 1 saturated heterocycles. The normalized spacial score (nSPS) is 19.3. The van der Waals surface area contributed by atoms with Gasteiger partial charge in [0.15, 0.2) is 6.04 Å². The number of aliphatic hydroxyl groups is 1. The van der Waals surface area contributed by atoms with E-state index in [9.17, 15) is 29.4 Å². The van der Waals surface area contributed by atoms with Crippen molar-refractivity contribution in [3.63, 3.8) is 0 Å². The molecule has 0 spiro atoms. The molecule has 0 unspecified atom stereocenters. The number of imidazole rings is 1. The number of rotatable bonds is 9. The molecule has 7 N–H and O–H groups in total. The molecule has 1 aromatic heterocycles. The fraction of sp³-hybridized carbons (Fsp3) is 0.588. The first-order valence-corrected chi connectivity index (χ1v) is 9.23. The highest BCUT2D eigenvalue weighted by atomic mass is 16.4. The number of carbonyl (C=O) groups excluding carboxylic acids is 3. The maximum absolute atomic E-state index is 12.8. The predicted molar refractivity (Wildman–Crippen MR) is 99.3 cm³/mol. The van der Waals surface area contributed by atoms with Crippen LogP contribution in [0.2, 0.25) is 0 Å². The monoisotopic (exact) mass is 410 g/mol. The standard InChI is InChI=1S/C17H26N6O6/c1-9(24)14(17(28)29)22-15(26)11(5-10-7-19-8-20-10)21-16(27)12-3-2-4-23(12)13(25)6-18/h7-9,11-12,14,24H,2-6,18H2,1H3,(H,19,20)(H,21,27)(H,22,26)(H,28,29)/t9-,11+,12+,14+/m1/s1. The van der Waals surface area contributed by atoms with Gasteiger partial charge in [-0.1, -0.05) is 0 Å². The molecule has 1 fully saturated rings. The summed E-state index contributed by atoms with van der Waals surface area (Å²) in [5, 5.41) is 23.6. The average Bonchev–Trinajstić information content (AvgIpc) is 3.35. The molecular formula is C17H26N6O6. The zero-order chi connectivity index (χ0) is 21.6. The van der Waals surface area contributed by atoms with Gasteiger partial charge in [0.2, 0.25) is 17.7 Å². The first-order valence-electron chi connectivity index (χ1n) is 9.23. The minimum absolute atomic E-state index is 0.0152. The third-order valence-electron chi connectivity index (χ3n) is 4.71. The quantitative estimate of drug-likeness (QED) is 0.254. The van der Waals surface area contributed by atoms with Crippen molar-refractivity contribution in [3.8, 4) is 0 Å². The number of carbonyl (C=O) groups is 4. The number of nitrogens with zero attached hydrogens (tertiary/aromatic N) is 2. The molecule has 2 rings (SSSR count). The Morgan fingerprint density at radius 1 is 1.38 bits per heavy atom. The first-order chi connectivity index (χ1) is 13.7.